The predicted octanol–water partition coefficient (Wildman–Crippen LogP) is 3.29. The summed E-state index contributed by atoms with van der Waals surface area (Å²) in [5.74, 6) is 0.128. The molecular weight excluding hydrogens is 260 g/mol. The molecule has 3 heteroatoms. The Labute approximate surface area is 126 Å². The third-order valence-corrected chi connectivity index (χ3v) is 3.76. The lowest BCUT2D eigenvalue weighted by molar-refractivity contribution is -0.122. The smallest absolute Gasteiger partial charge is 0.227 e. The quantitative estimate of drug-likeness (QED) is 0.827. The number of anilines is 1. The molecule has 110 valence electrons. The van der Waals surface area contributed by atoms with Crippen molar-refractivity contribution in [2.75, 3.05) is 12.3 Å². The minimum atomic E-state index is -0.198. The van der Waals surface area contributed by atoms with E-state index in [9.17, 15) is 4.79 Å². The Morgan fingerprint density at radius 2 is 1.71 bits per heavy atom. The first kappa shape index (κ1) is 15.1. The van der Waals surface area contributed by atoms with E-state index in [1.54, 1.807) is 0 Å². The first-order valence-electron chi connectivity index (χ1n) is 7.26. The number of carbonyl (C=O) groups excluding carboxylic acids is 1. The van der Waals surface area contributed by atoms with Gasteiger partial charge in [-0.25, -0.2) is 0 Å². The van der Waals surface area contributed by atoms with E-state index in [1.165, 1.54) is 5.56 Å². The van der Waals surface area contributed by atoms with Crippen LogP contribution in [0.3, 0.4) is 0 Å². The molecule has 0 aromatic heterocycles. The molecule has 0 fully saturated rings. The molecule has 2 atom stereocenters. The summed E-state index contributed by atoms with van der Waals surface area (Å²) in [5.41, 5.74) is 8.62. The molecule has 0 bridgehead atoms. The molecule has 1 amide bonds. The molecule has 0 saturated carbocycles. The lowest BCUT2D eigenvalue weighted by Gasteiger charge is -2.16. The first-order valence-corrected chi connectivity index (χ1v) is 7.26. The fourth-order valence-corrected chi connectivity index (χ4v) is 2.29. The number of carbonyl (C=O) groups is 1. The maximum atomic E-state index is 12.2. The maximum absolute atomic E-state index is 12.2. The molecule has 0 heterocycles. The van der Waals surface area contributed by atoms with Crippen LogP contribution in [-0.2, 0) is 4.79 Å². The summed E-state index contributed by atoms with van der Waals surface area (Å²) < 4.78 is 0. The fraction of sp³-hybridized carbons (Fsp3) is 0.278. The lowest BCUT2D eigenvalue weighted by atomic mass is 9.98. The number of nitrogens with one attached hydrogen (secondary N) is 1. The summed E-state index contributed by atoms with van der Waals surface area (Å²) in [7, 11) is 0. The highest BCUT2D eigenvalue weighted by atomic mass is 16.1. The van der Waals surface area contributed by atoms with Crippen molar-refractivity contribution in [1.29, 1.82) is 0 Å². The second-order valence-corrected chi connectivity index (χ2v) is 5.45. The average molecular weight is 282 g/mol. The van der Waals surface area contributed by atoms with Crippen molar-refractivity contribution in [3.63, 3.8) is 0 Å². The summed E-state index contributed by atoms with van der Waals surface area (Å²) in [6.07, 6.45) is 0. The van der Waals surface area contributed by atoms with E-state index in [4.69, 9.17) is 5.73 Å². The van der Waals surface area contributed by atoms with Gasteiger partial charge in [-0.15, -0.1) is 0 Å². The van der Waals surface area contributed by atoms with Crippen molar-refractivity contribution in [3.8, 4) is 0 Å². The molecule has 3 N–H and O–H groups in total. The van der Waals surface area contributed by atoms with Gasteiger partial charge in [-0.1, -0.05) is 49.4 Å². The topological polar surface area (TPSA) is 55.1 Å². The highest BCUT2D eigenvalue weighted by Crippen LogP contribution is 2.18. The van der Waals surface area contributed by atoms with E-state index < -0.39 is 0 Å². The third kappa shape index (κ3) is 4.09. The second-order valence-electron chi connectivity index (χ2n) is 5.45. The summed E-state index contributed by atoms with van der Waals surface area (Å²) in [6, 6.07) is 17.7. The van der Waals surface area contributed by atoms with Gasteiger partial charge in [-0.2, -0.15) is 0 Å². The Bertz CT molecular complexity index is 595. The molecule has 21 heavy (non-hydrogen) atoms. The Hall–Kier alpha value is -2.29. The maximum Gasteiger partial charge on any atom is 0.227 e. The van der Waals surface area contributed by atoms with Crippen molar-refractivity contribution in [2.45, 2.75) is 25.7 Å². The van der Waals surface area contributed by atoms with Gasteiger partial charge in [0.05, 0.1) is 5.92 Å². The van der Waals surface area contributed by atoms with Gasteiger partial charge in [-0.05, 0) is 36.1 Å². The zero-order valence-electron chi connectivity index (χ0n) is 12.5. The number of nitrogens with two attached hydrogens (primary N) is 1. The average Bonchev–Trinajstić information content (AvgIpc) is 2.52. The van der Waals surface area contributed by atoms with Crippen LogP contribution in [0, 0.1) is 0 Å². The zero-order chi connectivity index (χ0) is 15.2. The van der Waals surface area contributed by atoms with Crippen molar-refractivity contribution < 1.29 is 4.79 Å². The molecule has 0 aliphatic rings. The van der Waals surface area contributed by atoms with E-state index in [1.807, 2.05) is 49.4 Å². The van der Waals surface area contributed by atoms with Gasteiger partial charge >= 0.3 is 0 Å². The first-order chi connectivity index (χ1) is 10.1. The molecular formula is C18H22N2O. The summed E-state index contributed by atoms with van der Waals surface area (Å²) >= 11 is 0. The number of rotatable bonds is 5. The van der Waals surface area contributed by atoms with Gasteiger partial charge < -0.3 is 11.1 Å². The summed E-state index contributed by atoms with van der Waals surface area (Å²) in [5, 5.41) is 3.02. The molecule has 0 aliphatic carbocycles. The number of amides is 1. The lowest BCUT2D eigenvalue weighted by Crippen LogP contribution is -2.31. The minimum Gasteiger partial charge on any atom is -0.399 e. The molecule has 3 nitrogen and oxygen atoms in total. The predicted molar refractivity (Wildman–Crippen MR) is 87.1 cm³/mol. The summed E-state index contributed by atoms with van der Waals surface area (Å²) in [6.45, 7) is 4.65. The van der Waals surface area contributed by atoms with E-state index in [-0.39, 0.29) is 11.8 Å². The van der Waals surface area contributed by atoms with Crippen LogP contribution in [0.25, 0.3) is 0 Å². The normalized spacial score (nSPS) is 13.4. The number of benzene rings is 2. The number of nitrogen functional groups attached to an aromatic ring is 1. The van der Waals surface area contributed by atoms with Gasteiger partial charge in [0, 0.05) is 12.2 Å². The van der Waals surface area contributed by atoms with Crippen LogP contribution in [0.4, 0.5) is 5.69 Å². The molecule has 0 radical (unpaired) electrons. The number of hydrogen-bond acceptors (Lipinski definition) is 2. The van der Waals surface area contributed by atoms with E-state index in [0.717, 1.165) is 5.56 Å². The Morgan fingerprint density at radius 1 is 1.05 bits per heavy atom. The van der Waals surface area contributed by atoms with E-state index >= 15 is 0 Å². The monoisotopic (exact) mass is 282 g/mol. The van der Waals surface area contributed by atoms with Crippen LogP contribution in [0.15, 0.2) is 54.6 Å². The molecule has 2 rings (SSSR count). The fourth-order valence-electron chi connectivity index (χ4n) is 2.29. The standard InChI is InChI=1S/C18H22N2O/c1-13(15-7-4-3-5-8-15)12-20-18(21)14(2)16-9-6-10-17(19)11-16/h3-11,13-14H,12,19H2,1-2H3,(H,20,21). The van der Waals surface area contributed by atoms with Crippen LogP contribution in [0.2, 0.25) is 0 Å². The van der Waals surface area contributed by atoms with Crippen LogP contribution in [-0.4, -0.2) is 12.5 Å². The number of hydrogen-bond donors (Lipinski definition) is 2. The minimum absolute atomic E-state index is 0.0309. The van der Waals surface area contributed by atoms with Gasteiger partial charge in [0.15, 0.2) is 0 Å². The van der Waals surface area contributed by atoms with Gasteiger partial charge in [0.2, 0.25) is 5.91 Å². The molecule has 2 aromatic rings. The molecule has 2 aromatic carbocycles. The van der Waals surface area contributed by atoms with Crippen molar-refractivity contribution in [2.24, 2.45) is 0 Å². The SMILES string of the molecule is CC(CNC(=O)C(C)c1cccc(N)c1)c1ccccc1. The van der Waals surface area contributed by atoms with Gasteiger partial charge in [0.1, 0.15) is 0 Å². The molecule has 0 saturated heterocycles. The van der Waals surface area contributed by atoms with Crippen molar-refractivity contribution in [1.82, 2.24) is 5.32 Å². The highest BCUT2D eigenvalue weighted by Gasteiger charge is 2.16. The Morgan fingerprint density at radius 3 is 2.38 bits per heavy atom. The van der Waals surface area contributed by atoms with Crippen molar-refractivity contribution in [3.05, 3.63) is 65.7 Å². The van der Waals surface area contributed by atoms with Crippen LogP contribution in [0.5, 0.6) is 0 Å². The summed E-state index contributed by atoms with van der Waals surface area (Å²) in [4.78, 5) is 12.2. The molecule has 0 aliphatic heterocycles. The molecule has 2 unspecified atom stereocenters. The van der Waals surface area contributed by atoms with Crippen LogP contribution in [0.1, 0.15) is 36.8 Å². The van der Waals surface area contributed by atoms with Crippen LogP contribution >= 0.6 is 0 Å². The van der Waals surface area contributed by atoms with Crippen LogP contribution < -0.4 is 11.1 Å². The van der Waals surface area contributed by atoms with E-state index in [0.29, 0.717) is 18.2 Å². The van der Waals surface area contributed by atoms with Gasteiger partial charge in [0.25, 0.3) is 0 Å². The zero-order valence-corrected chi connectivity index (χ0v) is 12.5. The second kappa shape index (κ2) is 6.93. The Kier molecular flexibility index (Phi) is 4.99. The van der Waals surface area contributed by atoms with E-state index in [2.05, 4.69) is 24.4 Å². The van der Waals surface area contributed by atoms with Gasteiger partial charge in [-0.3, -0.25) is 4.79 Å². The highest BCUT2D eigenvalue weighted by molar-refractivity contribution is 5.83. The molecule has 0 spiro atoms. The van der Waals surface area contributed by atoms with Crippen molar-refractivity contribution >= 4 is 11.6 Å². The third-order valence-electron chi connectivity index (χ3n) is 3.76. The Balaban J connectivity index is 1.92. The largest absolute Gasteiger partial charge is 0.399 e.